The maximum atomic E-state index is 12.0. The Hall–Kier alpha value is -3.80. The molecular weight excluding hydrogens is 364 g/mol. The van der Waals surface area contributed by atoms with Crippen LogP contribution in [-0.4, -0.2) is 28.0 Å². The summed E-state index contributed by atoms with van der Waals surface area (Å²) in [6.45, 7) is 1.80. The second kappa shape index (κ2) is 8.06. The number of carbonyl (C=O) groups is 1. The molecule has 0 bridgehead atoms. The molecule has 0 aliphatic heterocycles. The molecule has 0 aliphatic carbocycles. The van der Waals surface area contributed by atoms with Crippen LogP contribution < -0.4 is 10.1 Å². The topological polar surface area (TPSA) is 77.0 Å². The molecular formula is C23H20N4O2. The van der Waals surface area contributed by atoms with Crippen LogP contribution in [0.2, 0.25) is 0 Å². The van der Waals surface area contributed by atoms with Crippen LogP contribution in [0.3, 0.4) is 0 Å². The molecule has 6 nitrogen and oxygen atoms in total. The fourth-order valence-corrected chi connectivity index (χ4v) is 3.23. The van der Waals surface area contributed by atoms with Gasteiger partial charge in [-0.05, 0) is 18.2 Å². The van der Waals surface area contributed by atoms with Gasteiger partial charge in [0.1, 0.15) is 12.1 Å². The van der Waals surface area contributed by atoms with Gasteiger partial charge in [-0.1, -0.05) is 37.3 Å². The second-order valence-corrected chi connectivity index (χ2v) is 6.46. The molecule has 2 aromatic heterocycles. The number of pyridine rings is 1. The van der Waals surface area contributed by atoms with E-state index >= 15 is 0 Å². The van der Waals surface area contributed by atoms with E-state index in [1.54, 1.807) is 20.2 Å². The third-order valence-electron chi connectivity index (χ3n) is 4.66. The summed E-state index contributed by atoms with van der Waals surface area (Å²) in [7, 11) is 1.57. The molecule has 0 aliphatic rings. The Bertz CT molecular complexity index is 1180. The Morgan fingerprint density at radius 1 is 1.00 bits per heavy atom. The Balaban J connectivity index is 1.94. The van der Waals surface area contributed by atoms with Gasteiger partial charge >= 0.3 is 0 Å². The number of aromatic nitrogens is 3. The van der Waals surface area contributed by atoms with Gasteiger partial charge < -0.3 is 10.1 Å². The minimum Gasteiger partial charge on any atom is -0.494 e. The number of ether oxygens (including phenoxy) is 1. The van der Waals surface area contributed by atoms with Gasteiger partial charge in [0.25, 0.3) is 0 Å². The molecule has 0 unspecified atom stereocenters. The first-order valence-corrected chi connectivity index (χ1v) is 9.34. The van der Waals surface area contributed by atoms with Crippen molar-refractivity contribution in [3.63, 3.8) is 0 Å². The van der Waals surface area contributed by atoms with Crippen LogP contribution >= 0.6 is 0 Å². The lowest BCUT2D eigenvalue weighted by Gasteiger charge is -2.14. The minimum absolute atomic E-state index is 0.0904. The lowest BCUT2D eigenvalue weighted by atomic mass is 10.00. The predicted octanol–water partition coefficient (Wildman–Crippen LogP) is 4.72. The summed E-state index contributed by atoms with van der Waals surface area (Å²) in [5, 5.41) is 3.70. The van der Waals surface area contributed by atoms with E-state index in [9.17, 15) is 4.79 Å². The number of nitrogens with one attached hydrogen (secondary N) is 1. The molecule has 0 fully saturated rings. The van der Waals surface area contributed by atoms with Gasteiger partial charge in [-0.25, -0.2) is 9.97 Å². The van der Waals surface area contributed by atoms with E-state index in [4.69, 9.17) is 4.74 Å². The van der Waals surface area contributed by atoms with Crippen molar-refractivity contribution in [2.24, 2.45) is 0 Å². The molecule has 0 spiro atoms. The van der Waals surface area contributed by atoms with E-state index < -0.39 is 0 Å². The Morgan fingerprint density at radius 2 is 1.83 bits per heavy atom. The van der Waals surface area contributed by atoms with E-state index in [1.165, 1.54) is 6.33 Å². The molecule has 1 amide bonds. The van der Waals surface area contributed by atoms with Gasteiger partial charge in [0.2, 0.25) is 5.91 Å². The van der Waals surface area contributed by atoms with Gasteiger partial charge in [-0.3, -0.25) is 9.78 Å². The van der Waals surface area contributed by atoms with Gasteiger partial charge in [0, 0.05) is 35.2 Å². The molecule has 29 heavy (non-hydrogen) atoms. The highest BCUT2D eigenvalue weighted by Crippen LogP contribution is 2.36. The third-order valence-corrected chi connectivity index (χ3v) is 4.66. The van der Waals surface area contributed by atoms with Gasteiger partial charge in [-0.15, -0.1) is 0 Å². The van der Waals surface area contributed by atoms with Crippen LogP contribution in [0.5, 0.6) is 5.75 Å². The maximum Gasteiger partial charge on any atom is 0.224 e. The summed E-state index contributed by atoms with van der Waals surface area (Å²) >= 11 is 0. The largest absolute Gasteiger partial charge is 0.494 e. The van der Waals surface area contributed by atoms with Gasteiger partial charge in [-0.2, -0.15) is 0 Å². The molecule has 1 N–H and O–H groups in total. The van der Waals surface area contributed by atoms with Crippen molar-refractivity contribution in [2.75, 3.05) is 12.4 Å². The standard InChI is InChI=1S/C23H20N4O2/c1-3-21(28)27-19-12-17-18(13-20(19)29-2)25-14-26-23(17)16-10-7-11-24-22(16)15-8-5-4-6-9-15/h4-14H,3H2,1-2H3,(H,27,28). The Kier molecular flexibility index (Phi) is 5.16. The number of carbonyl (C=O) groups excluding carboxylic acids is 1. The summed E-state index contributed by atoms with van der Waals surface area (Å²) in [4.78, 5) is 25.5. The monoisotopic (exact) mass is 384 g/mol. The Labute approximate surface area is 168 Å². The highest BCUT2D eigenvalue weighted by atomic mass is 16.5. The fourth-order valence-electron chi connectivity index (χ4n) is 3.23. The highest BCUT2D eigenvalue weighted by Gasteiger charge is 2.16. The number of benzene rings is 2. The summed E-state index contributed by atoms with van der Waals surface area (Å²) in [6, 6.07) is 17.5. The first-order valence-electron chi connectivity index (χ1n) is 9.34. The van der Waals surface area contributed by atoms with Crippen molar-refractivity contribution in [3.8, 4) is 28.3 Å². The zero-order chi connectivity index (χ0) is 20.2. The molecule has 0 radical (unpaired) electrons. The minimum atomic E-state index is -0.0904. The molecule has 4 rings (SSSR count). The van der Waals surface area contributed by atoms with E-state index in [2.05, 4.69) is 20.3 Å². The average molecular weight is 384 g/mol. The zero-order valence-electron chi connectivity index (χ0n) is 16.2. The molecule has 0 atom stereocenters. The van der Waals surface area contributed by atoms with Crippen molar-refractivity contribution in [3.05, 3.63) is 67.1 Å². The van der Waals surface area contributed by atoms with Crippen LogP contribution in [-0.2, 0) is 4.79 Å². The number of anilines is 1. The van der Waals surface area contributed by atoms with Crippen molar-refractivity contribution >= 4 is 22.5 Å². The zero-order valence-corrected chi connectivity index (χ0v) is 16.2. The first-order chi connectivity index (χ1) is 14.2. The SMILES string of the molecule is CCC(=O)Nc1cc2c(-c3cccnc3-c3ccccc3)ncnc2cc1OC. The number of hydrogen-bond acceptors (Lipinski definition) is 5. The molecule has 4 aromatic rings. The maximum absolute atomic E-state index is 12.0. The predicted molar refractivity (Wildman–Crippen MR) is 114 cm³/mol. The summed E-state index contributed by atoms with van der Waals surface area (Å²) in [5.74, 6) is 0.464. The van der Waals surface area contributed by atoms with Crippen LogP contribution in [0.4, 0.5) is 5.69 Å². The lowest BCUT2D eigenvalue weighted by Crippen LogP contribution is -2.10. The van der Waals surface area contributed by atoms with Crippen LogP contribution in [0.25, 0.3) is 33.4 Å². The molecule has 0 saturated heterocycles. The number of fused-ring (bicyclic) bond motifs is 1. The molecule has 2 heterocycles. The van der Waals surface area contributed by atoms with Crippen molar-refractivity contribution in [2.45, 2.75) is 13.3 Å². The number of amides is 1. The van der Waals surface area contributed by atoms with Gasteiger partial charge in [0.15, 0.2) is 0 Å². The Morgan fingerprint density at radius 3 is 2.59 bits per heavy atom. The average Bonchev–Trinajstić information content (AvgIpc) is 2.78. The van der Waals surface area contributed by atoms with E-state index in [1.807, 2.05) is 54.6 Å². The summed E-state index contributed by atoms with van der Waals surface area (Å²) in [5.41, 5.74) is 4.80. The fraction of sp³-hybridized carbons (Fsp3) is 0.130. The third kappa shape index (κ3) is 3.65. The number of hydrogen-bond donors (Lipinski definition) is 1. The van der Waals surface area contributed by atoms with Crippen LogP contribution in [0, 0.1) is 0 Å². The summed E-state index contributed by atoms with van der Waals surface area (Å²) in [6.07, 6.45) is 3.68. The quantitative estimate of drug-likeness (QED) is 0.539. The highest BCUT2D eigenvalue weighted by molar-refractivity contribution is 6.01. The second-order valence-electron chi connectivity index (χ2n) is 6.46. The molecule has 0 saturated carbocycles. The van der Waals surface area contributed by atoms with E-state index in [0.717, 1.165) is 33.4 Å². The smallest absolute Gasteiger partial charge is 0.224 e. The number of nitrogens with zero attached hydrogens (tertiary/aromatic N) is 3. The van der Waals surface area contributed by atoms with Crippen molar-refractivity contribution in [1.29, 1.82) is 0 Å². The molecule has 144 valence electrons. The number of rotatable bonds is 5. The summed E-state index contributed by atoms with van der Waals surface area (Å²) < 4.78 is 5.45. The lowest BCUT2D eigenvalue weighted by molar-refractivity contribution is -0.115. The van der Waals surface area contributed by atoms with Crippen molar-refractivity contribution < 1.29 is 9.53 Å². The van der Waals surface area contributed by atoms with E-state index in [0.29, 0.717) is 17.9 Å². The van der Waals surface area contributed by atoms with Crippen molar-refractivity contribution in [1.82, 2.24) is 15.0 Å². The van der Waals surface area contributed by atoms with Crippen LogP contribution in [0.1, 0.15) is 13.3 Å². The van der Waals surface area contributed by atoms with Gasteiger partial charge in [0.05, 0.1) is 29.7 Å². The van der Waals surface area contributed by atoms with E-state index in [-0.39, 0.29) is 5.91 Å². The molecule has 2 aromatic carbocycles. The number of methoxy groups -OCH3 is 1. The normalized spacial score (nSPS) is 10.7. The first kappa shape index (κ1) is 18.6. The van der Waals surface area contributed by atoms with Crippen LogP contribution in [0.15, 0.2) is 67.1 Å². The molecule has 6 heteroatoms.